The molecule has 4 amide bonds. The highest BCUT2D eigenvalue weighted by atomic mass is 16.5. The van der Waals surface area contributed by atoms with Gasteiger partial charge in [0.15, 0.2) is 0 Å². The fraction of sp³-hybridized carbons (Fsp3) is 0.385. The van der Waals surface area contributed by atoms with Crippen molar-refractivity contribution in [2.45, 2.75) is 24.2 Å². The van der Waals surface area contributed by atoms with Gasteiger partial charge in [-0.2, -0.15) is 0 Å². The smallest absolute Gasteiger partial charge is 0.248 e. The second-order valence-corrected chi connectivity index (χ2v) is 9.61. The van der Waals surface area contributed by atoms with Crippen molar-refractivity contribution >= 4 is 23.6 Å². The molecule has 6 rings (SSSR count). The average molecular weight is 491 g/mol. The zero-order valence-electron chi connectivity index (χ0n) is 20.3. The van der Waals surface area contributed by atoms with E-state index in [1.807, 2.05) is 34.3 Å². The molecule has 4 aliphatic heterocycles. The molecule has 4 heterocycles. The van der Waals surface area contributed by atoms with Crippen LogP contribution < -0.4 is 9.47 Å². The highest BCUT2D eigenvalue weighted by molar-refractivity contribution is 6.10. The molecule has 6 atom stereocenters. The first-order valence-corrected chi connectivity index (χ1v) is 11.8. The minimum atomic E-state index is -0.821. The lowest BCUT2D eigenvalue weighted by molar-refractivity contribution is -0.151. The second kappa shape index (κ2) is 7.87. The lowest BCUT2D eigenvalue weighted by atomic mass is 9.84. The van der Waals surface area contributed by atoms with E-state index in [-0.39, 0.29) is 23.6 Å². The molecule has 4 saturated heterocycles. The van der Waals surface area contributed by atoms with E-state index in [9.17, 15) is 19.2 Å². The van der Waals surface area contributed by atoms with Crippen molar-refractivity contribution in [3.8, 4) is 11.5 Å². The molecule has 0 aromatic heterocycles. The number of rotatable bonds is 4. The minimum absolute atomic E-state index is 0.296. The first kappa shape index (κ1) is 22.7. The first-order chi connectivity index (χ1) is 17.3. The predicted octanol–water partition coefficient (Wildman–Crippen LogP) is 0.999. The molecular formula is C26H26N4O6. The number of likely N-dealkylation sites (N-methyl/N-ethyl adjacent to an activating group) is 2. The number of carbonyl (C=O) groups is 4. The standard InChI is InChI=1S/C26H26N4O6/c1-27-23(31)17-19(13-5-9-15(35-3)10-6-13)30-22-18(24(32)28(2)26(22)34)20(29(30)21(17)25(27)33)14-7-11-16(36-4)12-8-14/h5-12,17-22H,1-4H3/t17-,18-,19-,20+,21+,22-/m1/s1. The lowest BCUT2D eigenvalue weighted by Gasteiger charge is -2.35. The van der Waals surface area contributed by atoms with Crippen LogP contribution in [0.4, 0.5) is 0 Å². The Hall–Kier alpha value is -3.76. The zero-order chi connectivity index (χ0) is 25.5. The SMILES string of the molecule is COc1ccc([C@@H]2[C@H]3C(=O)N(C)C(=O)[C@H]3N3[C@@H](c4ccc(OC)cc4)[C@H]4C(=O)N(C)C(=O)[C@@H]4N23)cc1. The quantitative estimate of drug-likeness (QED) is 0.586. The molecule has 10 heteroatoms. The second-order valence-electron chi connectivity index (χ2n) is 9.61. The normalized spacial score (nSPS) is 31.8. The number of likely N-dealkylation sites (tertiary alicyclic amines) is 2. The number of hydrazine groups is 1. The Kier molecular flexibility index (Phi) is 4.96. The summed E-state index contributed by atoms with van der Waals surface area (Å²) in [7, 11) is 6.11. The van der Waals surface area contributed by atoms with Gasteiger partial charge in [0.05, 0.1) is 38.1 Å². The number of fused-ring (bicyclic) bond motifs is 5. The molecule has 0 bridgehead atoms. The van der Waals surface area contributed by atoms with Gasteiger partial charge in [-0.15, -0.1) is 0 Å². The van der Waals surface area contributed by atoms with Gasteiger partial charge in [-0.1, -0.05) is 24.3 Å². The number of hydrogen-bond donors (Lipinski definition) is 0. The summed E-state index contributed by atoms with van der Waals surface area (Å²) in [6.45, 7) is 0. The molecule has 0 N–H and O–H groups in total. The van der Waals surface area contributed by atoms with Crippen LogP contribution in [-0.2, 0) is 19.2 Å². The van der Waals surface area contributed by atoms with Gasteiger partial charge in [-0.05, 0) is 35.4 Å². The summed E-state index contributed by atoms with van der Waals surface area (Å²) in [5.74, 6) is -1.39. The molecule has 186 valence electrons. The van der Waals surface area contributed by atoms with Crippen LogP contribution in [-0.4, -0.2) is 83.8 Å². The Morgan fingerprint density at radius 1 is 0.528 bits per heavy atom. The van der Waals surface area contributed by atoms with Crippen LogP contribution in [0.1, 0.15) is 23.2 Å². The highest BCUT2D eigenvalue weighted by Gasteiger charge is 2.72. The number of amides is 4. The third kappa shape index (κ3) is 2.79. The highest BCUT2D eigenvalue weighted by Crippen LogP contribution is 2.58. The maximum atomic E-state index is 13.5. The number of imide groups is 2. The van der Waals surface area contributed by atoms with Crippen molar-refractivity contribution in [2.24, 2.45) is 11.8 Å². The van der Waals surface area contributed by atoms with Crippen LogP contribution in [0.5, 0.6) is 11.5 Å². The van der Waals surface area contributed by atoms with Crippen LogP contribution in [0.15, 0.2) is 48.5 Å². The van der Waals surface area contributed by atoms with Crippen molar-refractivity contribution in [1.82, 2.24) is 19.8 Å². The Morgan fingerprint density at radius 2 is 0.861 bits per heavy atom. The lowest BCUT2D eigenvalue weighted by Crippen LogP contribution is -2.49. The molecule has 4 fully saturated rings. The predicted molar refractivity (Wildman–Crippen MR) is 125 cm³/mol. The van der Waals surface area contributed by atoms with Gasteiger partial charge in [-0.3, -0.25) is 29.0 Å². The van der Waals surface area contributed by atoms with E-state index in [4.69, 9.17) is 9.47 Å². The Balaban J connectivity index is 1.55. The number of ether oxygens (including phenoxy) is 2. The van der Waals surface area contributed by atoms with E-state index in [0.717, 1.165) is 20.9 Å². The Morgan fingerprint density at radius 3 is 1.17 bits per heavy atom. The van der Waals surface area contributed by atoms with Gasteiger partial charge >= 0.3 is 0 Å². The third-order valence-corrected chi connectivity index (χ3v) is 8.08. The summed E-state index contributed by atoms with van der Waals surface area (Å²) in [4.78, 5) is 56.1. The van der Waals surface area contributed by atoms with E-state index >= 15 is 0 Å². The van der Waals surface area contributed by atoms with Gasteiger partial charge in [0.25, 0.3) is 0 Å². The van der Waals surface area contributed by atoms with Crippen LogP contribution in [0.3, 0.4) is 0 Å². The Bertz CT molecular complexity index is 1180. The van der Waals surface area contributed by atoms with Crippen molar-refractivity contribution in [3.63, 3.8) is 0 Å². The van der Waals surface area contributed by atoms with Crippen molar-refractivity contribution in [1.29, 1.82) is 0 Å². The van der Waals surface area contributed by atoms with Crippen LogP contribution in [0.2, 0.25) is 0 Å². The van der Waals surface area contributed by atoms with Crippen LogP contribution in [0.25, 0.3) is 0 Å². The largest absolute Gasteiger partial charge is 0.497 e. The number of carbonyl (C=O) groups excluding carboxylic acids is 4. The molecule has 0 spiro atoms. The molecule has 2 aromatic carbocycles. The van der Waals surface area contributed by atoms with Crippen LogP contribution in [0, 0.1) is 11.8 Å². The summed E-state index contributed by atoms with van der Waals surface area (Å²) in [6.07, 6.45) is 0. The first-order valence-electron chi connectivity index (χ1n) is 11.8. The van der Waals surface area contributed by atoms with Crippen molar-refractivity contribution in [2.75, 3.05) is 28.3 Å². The summed E-state index contributed by atoms with van der Waals surface area (Å²) >= 11 is 0. The maximum absolute atomic E-state index is 13.5. The van der Waals surface area contributed by atoms with Gasteiger partial charge in [-0.25, -0.2) is 10.0 Å². The number of hydrogen-bond acceptors (Lipinski definition) is 8. The monoisotopic (exact) mass is 490 g/mol. The third-order valence-electron chi connectivity index (χ3n) is 8.08. The van der Waals surface area contributed by atoms with Crippen LogP contribution >= 0.6 is 0 Å². The molecule has 2 aromatic rings. The summed E-state index contributed by atoms with van der Waals surface area (Å²) in [6, 6.07) is 11.7. The van der Waals surface area contributed by atoms with Gasteiger partial charge in [0.1, 0.15) is 23.6 Å². The summed E-state index contributed by atoms with van der Waals surface area (Å²) < 4.78 is 10.6. The topological polar surface area (TPSA) is 99.7 Å². The summed E-state index contributed by atoms with van der Waals surface area (Å²) in [5.41, 5.74) is 1.54. The molecule has 36 heavy (non-hydrogen) atoms. The Labute approximate surface area is 207 Å². The fourth-order valence-corrected chi connectivity index (χ4v) is 6.38. The summed E-state index contributed by atoms with van der Waals surface area (Å²) in [5, 5.41) is 3.67. The van der Waals surface area contributed by atoms with E-state index in [1.165, 1.54) is 14.1 Å². The number of benzene rings is 2. The molecule has 4 aliphatic rings. The zero-order valence-corrected chi connectivity index (χ0v) is 20.3. The maximum Gasteiger partial charge on any atom is 0.248 e. The van der Waals surface area contributed by atoms with E-state index in [2.05, 4.69) is 0 Å². The van der Waals surface area contributed by atoms with Gasteiger partial charge < -0.3 is 9.47 Å². The van der Waals surface area contributed by atoms with Gasteiger partial charge in [0.2, 0.25) is 23.6 Å². The average Bonchev–Trinajstić information content (AvgIpc) is 3.55. The van der Waals surface area contributed by atoms with E-state index in [0.29, 0.717) is 11.5 Å². The van der Waals surface area contributed by atoms with E-state index in [1.54, 1.807) is 38.5 Å². The van der Waals surface area contributed by atoms with Gasteiger partial charge in [0, 0.05) is 14.1 Å². The molecule has 0 aliphatic carbocycles. The van der Waals surface area contributed by atoms with E-state index < -0.39 is 36.0 Å². The molecule has 0 radical (unpaired) electrons. The molecule has 0 saturated carbocycles. The minimum Gasteiger partial charge on any atom is -0.497 e. The molecular weight excluding hydrogens is 464 g/mol. The number of nitrogens with zero attached hydrogens (tertiary/aromatic N) is 4. The number of methoxy groups -OCH3 is 2. The molecule has 10 nitrogen and oxygen atoms in total. The molecule has 0 unspecified atom stereocenters. The van der Waals surface area contributed by atoms with Crippen molar-refractivity contribution in [3.05, 3.63) is 59.7 Å². The van der Waals surface area contributed by atoms with Crippen molar-refractivity contribution < 1.29 is 28.7 Å². The fourth-order valence-electron chi connectivity index (χ4n) is 6.38.